The highest BCUT2D eigenvalue weighted by Gasteiger charge is 2.28. The van der Waals surface area contributed by atoms with E-state index in [0.29, 0.717) is 6.20 Å². The quantitative estimate of drug-likeness (QED) is 0.589. The monoisotopic (exact) mass is 231 g/mol. The molecule has 1 rings (SSSR count). The minimum absolute atomic E-state index is 0.524. The van der Waals surface area contributed by atoms with Crippen molar-refractivity contribution in [1.82, 2.24) is 4.98 Å². The van der Waals surface area contributed by atoms with Crippen molar-refractivity contribution >= 4 is 5.69 Å². The first kappa shape index (κ1) is 11.9. The van der Waals surface area contributed by atoms with Crippen molar-refractivity contribution in [3.8, 4) is 6.07 Å². The fourth-order valence-corrected chi connectivity index (χ4v) is 1.08. The molecule has 1 aromatic rings. The van der Waals surface area contributed by atoms with Gasteiger partial charge in [0, 0.05) is 0 Å². The van der Waals surface area contributed by atoms with E-state index >= 15 is 0 Å². The average molecular weight is 231 g/mol. The molecule has 1 heterocycles. The first-order chi connectivity index (χ1) is 7.49. The van der Waals surface area contributed by atoms with Crippen LogP contribution in [0.5, 0.6) is 0 Å². The van der Waals surface area contributed by atoms with E-state index in [1.165, 1.54) is 6.07 Å². The predicted molar refractivity (Wildman–Crippen MR) is 45.1 cm³/mol. The molecular formula is C8H4F3N3O2. The van der Waals surface area contributed by atoms with E-state index in [-0.39, 0.29) is 0 Å². The maximum Gasteiger partial charge on any atom is 0.299 e. The summed E-state index contributed by atoms with van der Waals surface area (Å²) < 4.78 is 38.2. The lowest BCUT2D eigenvalue weighted by Crippen LogP contribution is -2.05. The van der Waals surface area contributed by atoms with E-state index in [9.17, 15) is 23.3 Å². The molecule has 16 heavy (non-hydrogen) atoms. The van der Waals surface area contributed by atoms with E-state index in [2.05, 4.69) is 4.98 Å². The standard InChI is InChI=1S/C8H4F3N3O2/c9-7-4(1-2-12)13-3-5(14(15)16)6(7)8(10)11/h3,8H,1H2. The summed E-state index contributed by atoms with van der Waals surface area (Å²) in [6.45, 7) is 0. The van der Waals surface area contributed by atoms with Crippen LogP contribution in [0.4, 0.5) is 18.9 Å². The normalized spacial score (nSPS) is 10.2. The van der Waals surface area contributed by atoms with Crippen molar-refractivity contribution in [2.24, 2.45) is 0 Å². The Balaban J connectivity index is 3.43. The van der Waals surface area contributed by atoms with E-state index in [0.717, 1.165) is 0 Å². The van der Waals surface area contributed by atoms with Crippen LogP contribution in [0.25, 0.3) is 0 Å². The lowest BCUT2D eigenvalue weighted by atomic mass is 10.1. The summed E-state index contributed by atoms with van der Waals surface area (Å²) in [5.74, 6) is -1.49. The number of rotatable bonds is 3. The number of nitrogens with zero attached hydrogens (tertiary/aromatic N) is 3. The minimum Gasteiger partial charge on any atom is -0.258 e. The predicted octanol–water partition coefficient (Wildman–Crippen LogP) is 2.13. The van der Waals surface area contributed by atoms with Crippen molar-refractivity contribution in [1.29, 1.82) is 5.26 Å². The smallest absolute Gasteiger partial charge is 0.258 e. The highest BCUT2D eigenvalue weighted by atomic mass is 19.3. The molecule has 0 aliphatic carbocycles. The van der Waals surface area contributed by atoms with Crippen molar-refractivity contribution in [3.63, 3.8) is 0 Å². The molecule has 0 aliphatic heterocycles. The van der Waals surface area contributed by atoms with Gasteiger partial charge in [-0.05, 0) is 0 Å². The lowest BCUT2D eigenvalue weighted by molar-refractivity contribution is -0.386. The van der Waals surface area contributed by atoms with Gasteiger partial charge in [-0.1, -0.05) is 0 Å². The Kier molecular flexibility index (Phi) is 3.40. The van der Waals surface area contributed by atoms with E-state index in [4.69, 9.17) is 5.26 Å². The van der Waals surface area contributed by atoms with Gasteiger partial charge in [-0.25, -0.2) is 18.2 Å². The zero-order valence-corrected chi connectivity index (χ0v) is 7.65. The zero-order chi connectivity index (χ0) is 12.3. The number of hydrogen-bond donors (Lipinski definition) is 0. The second-order valence-electron chi connectivity index (χ2n) is 2.71. The summed E-state index contributed by atoms with van der Waals surface area (Å²) in [6, 6.07) is 1.52. The number of nitriles is 1. The molecule has 0 N–H and O–H groups in total. The third-order valence-corrected chi connectivity index (χ3v) is 1.77. The van der Waals surface area contributed by atoms with E-state index < -0.39 is 40.5 Å². The van der Waals surface area contributed by atoms with Gasteiger partial charge in [0.2, 0.25) is 0 Å². The number of alkyl halides is 2. The van der Waals surface area contributed by atoms with Gasteiger partial charge in [0.1, 0.15) is 11.8 Å². The SMILES string of the molecule is N#CCc1ncc([N+](=O)[O-])c(C(F)F)c1F. The van der Waals surface area contributed by atoms with Crippen molar-refractivity contribution in [2.75, 3.05) is 0 Å². The number of aromatic nitrogens is 1. The van der Waals surface area contributed by atoms with Gasteiger partial charge in [0.15, 0.2) is 5.82 Å². The molecule has 0 fully saturated rings. The Bertz CT molecular complexity index is 470. The van der Waals surface area contributed by atoms with Crippen LogP contribution in [-0.2, 0) is 6.42 Å². The third kappa shape index (κ3) is 2.08. The molecule has 0 saturated heterocycles. The molecule has 0 unspecified atom stereocenters. The summed E-state index contributed by atoms with van der Waals surface area (Å²) in [5.41, 5.74) is -2.94. The van der Waals surface area contributed by atoms with Gasteiger partial charge in [-0.15, -0.1) is 0 Å². The molecular weight excluding hydrogens is 227 g/mol. The number of hydrogen-bond acceptors (Lipinski definition) is 4. The Labute approximate surface area is 87.3 Å². The fraction of sp³-hybridized carbons (Fsp3) is 0.250. The van der Waals surface area contributed by atoms with Crippen LogP contribution in [0.1, 0.15) is 17.7 Å². The highest BCUT2D eigenvalue weighted by molar-refractivity contribution is 5.41. The molecule has 0 atom stereocenters. The van der Waals surface area contributed by atoms with Crippen LogP contribution in [0.2, 0.25) is 0 Å². The topological polar surface area (TPSA) is 79.8 Å². The van der Waals surface area contributed by atoms with Gasteiger partial charge in [-0.3, -0.25) is 10.1 Å². The summed E-state index contributed by atoms with van der Waals surface area (Å²) >= 11 is 0. The highest BCUT2D eigenvalue weighted by Crippen LogP contribution is 2.31. The summed E-state index contributed by atoms with van der Waals surface area (Å²) in [5, 5.41) is 18.6. The lowest BCUT2D eigenvalue weighted by Gasteiger charge is -2.05. The van der Waals surface area contributed by atoms with Gasteiger partial charge in [0.25, 0.3) is 12.1 Å². The molecule has 8 heteroatoms. The molecule has 84 valence electrons. The summed E-state index contributed by atoms with van der Waals surface area (Å²) in [7, 11) is 0. The van der Waals surface area contributed by atoms with Crippen molar-refractivity contribution in [3.05, 3.63) is 33.4 Å². The van der Waals surface area contributed by atoms with Crippen LogP contribution in [0.15, 0.2) is 6.20 Å². The Morgan fingerprint density at radius 2 is 2.25 bits per heavy atom. The van der Waals surface area contributed by atoms with Gasteiger partial charge in [-0.2, -0.15) is 5.26 Å². The molecule has 1 aromatic heterocycles. The zero-order valence-electron chi connectivity index (χ0n) is 7.65. The largest absolute Gasteiger partial charge is 0.299 e. The van der Waals surface area contributed by atoms with E-state index in [1.807, 2.05) is 0 Å². The van der Waals surface area contributed by atoms with Crippen LogP contribution in [0.3, 0.4) is 0 Å². The number of nitro groups is 1. The Morgan fingerprint density at radius 1 is 1.62 bits per heavy atom. The van der Waals surface area contributed by atoms with Crippen LogP contribution in [0, 0.1) is 27.3 Å². The van der Waals surface area contributed by atoms with Gasteiger partial charge in [0.05, 0.1) is 23.1 Å². The molecule has 0 saturated carbocycles. The fourth-order valence-electron chi connectivity index (χ4n) is 1.08. The van der Waals surface area contributed by atoms with Crippen molar-refractivity contribution in [2.45, 2.75) is 12.8 Å². The maximum absolute atomic E-state index is 13.3. The maximum atomic E-state index is 13.3. The van der Waals surface area contributed by atoms with Crippen LogP contribution >= 0.6 is 0 Å². The molecule has 0 bridgehead atoms. The Hall–Kier alpha value is -2.17. The number of pyridine rings is 1. The molecule has 5 nitrogen and oxygen atoms in total. The molecule has 0 aliphatic rings. The third-order valence-electron chi connectivity index (χ3n) is 1.77. The van der Waals surface area contributed by atoms with Gasteiger partial charge < -0.3 is 0 Å². The molecule has 0 radical (unpaired) electrons. The minimum atomic E-state index is -3.33. The molecule has 0 amide bonds. The second kappa shape index (κ2) is 4.57. The summed E-state index contributed by atoms with van der Waals surface area (Å²) in [6.07, 6.45) is -3.33. The second-order valence-corrected chi connectivity index (χ2v) is 2.71. The van der Waals surface area contributed by atoms with Crippen molar-refractivity contribution < 1.29 is 18.1 Å². The van der Waals surface area contributed by atoms with Gasteiger partial charge >= 0.3 is 0 Å². The average Bonchev–Trinajstić information content (AvgIpc) is 2.20. The van der Waals surface area contributed by atoms with E-state index in [1.54, 1.807) is 0 Å². The number of halogens is 3. The Morgan fingerprint density at radius 3 is 2.69 bits per heavy atom. The van der Waals surface area contributed by atoms with Crippen LogP contribution < -0.4 is 0 Å². The first-order valence-corrected chi connectivity index (χ1v) is 3.95. The summed E-state index contributed by atoms with van der Waals surface area (Å²) in [4.78, 5) is 12.5. The first-order valence-electron chi connectivity index (χ1n) is 3.95. The molecule has 0 aromatic carbocycles. The molecule has 0 spiro atoms. The van der Waals surface area contributed by atoms with Crippen LogP contribution in [-0.4, -0.2) is 9.91 Å².